The molecule has 0 aliphatic heterocycles. The number of unbranched alkanes of at least 4 members (excludes halogenated alkanes) is 1. The molecular weight excluding hydrogens is 623 g/mol. The maximum absolute atomic E-state index is 3.60. The van der Waals surface area contributed by atoms with Gasteiger partial charge in [-0.1, -0.05) is 111 Å². The molecule has 0 spiro atoms. The van der Waals surface area contributed by atoms with E-state index in [0.717, 1.165) is 6.42 Å². The van der Waals surface area contributed by atoms with Crippen molar-refractivity contribution in [1.82, 2.24) is 0 Å². The van der Waals surface area contributed by atoms with E-state index in [1.165, 1.54) is 84.7 Å². The summed E-state index contributed by atoms with van der Waals surface area (Å²) in [6.07, 6.45) is 2.28. The number of halogens is 2. The van der Waals surface area contributed by atoms with Crippen LogP contribution in [0.15, 0.2) is 121 Å². The Labute approximate surface area is 270 Å². The fourth-order valence-electron chi connectivity index (χ4n) is 4.51. The molecule has 0 heterocycles. The van der Waals surface area contributed by atoms with Crippen LogP contribution < -0.4 is 0 Å². The van der Waals surface area contributed by atoms with Gasteiger partial charge in [-0.2, -0.15) is 18.6 Å². The Bertz CT molecular complexity index is 1420. The summed E-state index contributed by atoms with van der Waals surface area (Å²) in [6, 6.07) is 43.1. The Morgan fingerprint density at radius 2 is 0.950 bits per heavy atom. The Morgan fingerprint density at radius 3 is 1.27 bits per heavy atom. The number of hydrogen-bond donors (Lipinski definition) is 0. The van der Waals surface area contributed by atoms with Gasteiger partial charge >= 0.3 is 30.2 Å². The van der Waals surface area contributed by atoms with Crippen LogP contribution in [0.25, 0.3) is 43.8 Å². The van der Waals surface area contributed by atoms with Gasteiger partial charge in [0.2, 0.25) is 0 Å². The zero-order valence-corrected chi connectivity index (χ0v) is 28.6. The van der Waals surface area contributed by atoms with Crippen LogP contribution in [0, 0.1) is 20.8 Å². The summed E-state index contributed by atoms with van der Waals surface area (Å²) < 4.78 is 0. The monoisotopic (exact) mass is 657 g/mol. The molecule has 0 fully saturated rings. The summed E-state index contributed by atoms with van der Waals surface area (Å²) in [6.45, 7) is 13.1. The third kappa shape index (κ3) is 9.71. The average Bonchev–Trinajstić information content (AvgIpc) is 3.56. The second kappa shape index (κ2) is 19.0. The molecule has 0 aliphatic carbocycles. The molecule has 0 saturated carbocycles. The first-order chi connectivity index (χ1) is 18.6. The van der Waals surface area contributed by atoms with Gasteiger partial charge in [-0.05, 0) is 11.1 Å². The van der Waals surface area contributed by atoms with E-state index in [0.29, 0.717) is 0 Å². The number of rotatable bonds is 3. The Morgan fingerprint density at radius 1 is 0.600 bits per heavy atom. The van der Waals surface area contributed by atoms with Crippen molar-refractivity contribution in [2.75, 3.05) is 0 Å². The fourth-order valence-corrected chi connectivity index (χ4v) is 4.51. The number of hydrogen-bond acceptors (Lipinski definition) is 0. The van der Waals surface area contributed by atoms with Crippen molar-refractivity contribution in [2.45, 2.75) is 33.6 Å². The van der Waals surface area contributed by atoms with Crippen LogP contribution in [0.3, 0.4) is 0 Å². The molecule has 40 heavy (non-hydrogen) atoms. The summed E-state index contributed by atoms with van der Waals surface area (Å²) in [5.74, 6) is 0. The Hall–Kier alpha value is -2.22. The second-order valence-corrected chi connectivity index (χ2v) is 9.27. The van der Waals surface area contributed by atoms with Gasteiger partial charge in [0.05, 0.1) is 0 Å². The van der Waals surface area contributed by atoms with E-state index in [4.69, 9.17) is 0 Å². The van der Waals surface area contributed by atoms with Gasteiger partial charge < -0.3 is 6.92 Å². The van der Waals surface area contributed by atoms with Gasteiger partial charge in [0.1, 0.15) is 0 Å². The second-order valence-electron chi connectivity index (χ2n) is 9.27. The maximum atomic E-state index is 3.60. The zero-order valence-electron chi connectivity index (χ0n) is 23.5. The molecule has 0 saturated heterocycles. The van der Waals surface area contributed by atoms with E-state index in [1.54, 1.807) is 0 Å². The topological polar surface area (TPSA) is 0 Å². The first-order valence-corrected chi connectivity index (χ1v) is 17.3. The molecule has 206 valence electrons. The van der Waals surface area contributed by atoms with E-state index in [9.17, 15) is 0 Å². The predicted molar refractivity (Wildman–Crippen MR) is 180 cm³/mol. The number of fused-ring (bicyclic) bond motifs is 2. The quantitative estimate of drug-likeness (QED) is 0.131. The normalized spacial score (nSPS) is 9.47. The van der Waals surface area contributed by atoms with E-state index >= 15 is 0 Å². The van der Waals surface area contributed by atoms with Crippen LogP contribution in [0.4, 0.5) is 0 Å². The summed E-state index contributed by atoms with van der Waals surface area (Å²) in [5, 5.41) is 5.37. The molecule has 0 atom stereocenters. The van der Waals surface area contributed by atoms with Crippen molar-refractivity contribution in [1.29, 1.82) is 0 Å². The van der Waals surface area contributed by atoms with Gasteiger partial charge in [-0.25, -0.2) is 0 Å². The Balaban J connectivity index is 0.000000322. The molecule has 0 bridgehead atoms. The molecule has 0 N–H and O–H groups in total. The molecule has 0 aliphatic rings. The minimum absolute atomic E-state index is 0. The summed E-state index contributed by atoms with van der Waals surface area (Å²) in [4.78, 5) is 0. The summed E-state index contributed by atoms with van der Waals surface area (Å²) in [7, 11) is 0. The third-order valence-electron chi connectivity index (χ3n) is 6.31. The SMILES string of the molecule is Cc1cc2c(-c3ccccc3)cccc2[cH-]1.Cc1cc2c(-c3ccccc3)cccc2[cH-]1.Cl.Cl.[CH2-]CCC.[Si]=[Zr]. The van der Waals surface area contributed by atoms with Crippen LogP contribution in [-0.4, -0.2) is 6.88 Å². The first kappa shape index (κ1) is 35.8. The number of aryl methyl sites for hydroxylation is 2. The van der Waals surface area contributed by atoms with Crippen molar-refractivity contribution in [3.63, 3.8) is 0 Å². The minimum atomic E-state index is 0. The Kier molecular flexibility index (Phi) is 17.0. The molecule has 6 rings (SSSR count). The van der Waals surface area contributed by atoms with Crippen LogP contribution >= 0.6 is 24.8 Å². The summed E-state index contributed by atoms with van der Waals surface area (Å²) in [5.41, 5.74) is 7.89. The van der Waals surface area contributed by atoms with Gasteiger partial charge in [-0.15, -0.1) is 93.9 Å². The van der Waals surface area contributed by atoms with Crippen molar-refractivity contribution in [2.24, 2.45) is 0 Å². The van der Waals surface area contributed by atoms with Crippen LogP contribution in [0.2, 0.25) is 0 Å². The molecule has 4 heteroatoms. The molecule has 0 nitrogen and oxygen atoms in total. The van der Waals surface area contributed by atoms with Crippen molar-refractivity contribution in [3.05, 3.63) is 139 Å². The van der Waals surface area contributed by atoms with Crippen LogP contribution in [-0.2, 0) is 23.3 Å². The van der Waals surface area contributed by atoms with Gasteiger partial charge in [0, 0.05) is 0 Å². The standard InChI is InChI=1S/2C16H13.C4H9.2ClH.Si.Zr/c2*1-12-10-14-8-5-9-15(16(14)11-12)13-6-3-2-4-7-13;1-3-4-2;;;;/h2*2-11H,1H3;1,3-4H2,2H3;2*1H;;/q3*-1;;;;. The fraction of sp³-hybridized carbons (Fsp3) is 0.139. The van der Waals surface area contributed by atoms with Gasteiger partial charge in [0.25, 0.3) is 0 Å². The number of benzene rings is 4. The molecule has 0 unspecified atom stereocenters. The average molecular weight is 660 g/mol. The molecule has 2 radical (unpaired) electrons. The van der Waals surface area contributed by atoms with E-state index in [1.807, 2.05) is 0 Å². The van der Waals surface area contributed by atoms with E-state index in [-0.39, 0.29) is 24.8 Å². The molecule has 6 aromatic rings. The van der Waals surface area contributed by atoms with Gasteiger partial charge in [-0.3, -0.25) is 0 Å². The van der Waals surface area contributed by atoms with Crippen LogP contribution in [0.5, 0.6) is 0 Å². The third-order valence-corrected chi connectivity index (χ3v) is 6.31. The van der Waals surface area contributed by atoms with Crippen molar-refractivity contribution >= 4 is 53.2 Å². The molecule has 6 aromatic carbocycles. The molecule has 0 amide bonds. The van der Waals surface area contributed by atoms with E-state index in [2.05, 4.69) is 156 Å². The molecular formula is C36H37Cl2SiZr-3. The zero-order chi connectivity index (χ0) is 27.3. The van der Waals surface area contributed by atoms with E-state index < -0.39 is 0 Å². The van der Waals surface area contributed by atoms with Gasteiger partial charge in [0.15, 0.2) is 0 Å². The summed E-state index contributed by atoms with van der Waals surface area (Å²) >= 11 is 1.36. The van der Waals surface area contributed by atoms with Crippen molar-refractivity contribution < 1.29 is 23.3 Å². The predicted octanol–water partition coefficient (Wildman–Crippen LogP) is 11.1. The van der Waals surface area contributed by atoms with Crippen LogP contribution in [0.1, 0.15) is 30.9 Å². The molecule has 0 aromatic heterocycles. The van der Waals surface area contributed by atoms with Crippen molar-refractivity contribution in [3.8, 4) is 22.3 Å². The first-order valence-electron chi connectivity index (χ1n) is 13.1.